The van der Waals surface area contributed by atoms with E-state index in [9.17, 15) is 4.79 Å². The lowest BCUT2D eigenvalue weighted by Crippen LogP contribution is -2.36. The minimum atomic E-state index is -0.464. The van der Waals surface area contributed by atoms with Gasteiger partial charge in [0.05, 0.1) is 6.04 Å². The van der Waals surface area contributed by atoms with Crippen molar-refractivity contribution < 1.29 is 19.0 Å². The van der Waals surface area contributed by atoms with E-state index < -0.39 is 6.10 Å². The first-order valence-corrected chi connectivity index (χ1v) is 7.83. The molecule has 0 radical (unpaired) electrons. The highest BCUT2D eigenvalue weighted by Gasteiger charge is 2.21. The predicted octanol–water partition coefficient (Wildman–Crippen LogP) is 2.82. The maximum atomic E-state index is 12.0. The molecule has 2 atom stereocenters. The van der Waals surface area contributed by atoms with Crippen molar-refractivity contribution in [1.82, 2.24) is 5.32 Å². The Balaban J connectivity index is 2.12. The van der Waals surface area contributed by atoms with Crippen molar-refractivity contribution in [2.24, 2.45) is 0 Å². The summed E-state index contributed by atoms with van der Waals surface area (Å²) in [6.07, 6.45) is -0.464. The fraction of sp³-hybridized carbons (Fsp3) is 0.533. The van der Waals surface area contributed by atoms with Crippen molar-refractivity contribution in [3.8, 4) is 11.5 Å². The molecule has 0 spiro atoms. The molecule has 2 rings (SSSR count). The Morgan fingerprint density at radius 2 is 1.95 bits per heavy atom. The third-order valence-electron chi connectivity index (χ3n) is 3.27. The lowest BCUT2D eigenvalue weighted by Gasteiger charge is -2.23. The molecular formula is C15H20BrNO4. The molecule has 0 saturated carbocycles. The molecule has 1 aromatic rings. The van der Waals surface area contributed by atoms with Crippen LogP contribution in [0.3, 0.4) is 0 Å². The van der Waals surface area contributed by atoms with Gasteiger partial charge in [0.25, 0.3) is 0 Å². The minimum absolute atomic E-state index is 0.133. The highest BCUT2D eigenvalue weighted by molar-refractivity contribution is 9.10. The van der Waals surface area contributed by atoms with Crippen LogP contribution in [0.4, 0.5) is 0 Å². The van der Waals surface area contributed by atoms with E-state index in [0.29, 0.717) is 25.6 Å². The number of carbonyl (C=O) groups is 1. The van der Waals surface area contributed by atoms with Gasteiger partial charge < -0.3 is 19.5 Å². The van der Waals surface area contributed by atoms with Crippen LogP contribution in [-0.4, -0.2) is 31.8 Å². The van der Waals surface area contributed by atoms with E-state index in [1.165, 1.54) is 0 Å². The summed E-state index contributed by atoms with van der Waals surface area (Å²) in [4.78, 5) is 12.0. The normalized spacial score (nSPS) is 16.2. The van der Waals surface area contributed by atoms with Crippen LogP contribution >= 0.6 is 15.9 Å². The second kappa shape index (κ2) is 7.13. The van der Waals surface area contributed by atoms with Gasteiger partial charge in [0, 0.05) is 11.1 Å². The average molecular weight is 358 g/mol. The van der Waals surface area contributed by atoms with Crippen LogP contribution in [0, 0.1) is 0 Å². The molecule has 21 heavy (non-hydrogen) atoms. The smallest absolute Gasteiger partial charge is 0.249 e. The maximum Gasteiger partial charge on any atom is 0.249 e. The quantitative estimate of drug-likeness (QED) is 0.880. The monoisotopic (exact) mass is 357 g/mol. The van der Waals surface area contributed by atoms with Crippen LogP contribution < -0.4 is 14.8 Å². The highest BCUT2D eigenvalue weighted by atomic mass is 79.9. The molecule has 116 valence electrons. The summed E-state index contributed by atoms with van der Waals surface area (Å²) < 4.78 is 17.3. The van der Waals surface area contributed by atoms with Crippen molar-refractivity contribution in [3.05, 3.63) is 22.2 Å². The number of ether oxygens (including phenoxy) is 3. The van der Waals surface area contributed by atoms with E-state index in [1.54, 1.807) is 6.92 Å². The van der Waals surface area contributed by atoms with Crippen LogP contribution in [0.5, 0.6) is 11.5 Å². The highest BCUT2D eigenvalue weighted by Crippen LogP contribution is 2.37. The van der Waals surface area contributed by atoms with Gasteiger partial charge in [-0.3, -0.25) is 4.79 Å². The molecule has 6 heteroatoms. The van der Waals surface area contributed by atoms with Gasteiger partial charge in [0.15, 0.2) is 11.5 Å². The molecule has 0 bridgehead atoms. The van der Waals surface area contributed by atoms with Gasteiger partial charge in [0.2, 0.25) is 5.91 Å². The van der Waals surface area contributed by atoms with E-state index in [2.05, 4.69) is 21.2 Å². The zero-order valence-corrected chi connectivity index (χ0v) is 14.0. The van der Waals surface area contributed by atoms with Crippen LogP contribution in [-0.2, 0) is 9.53 Å². The Labute approximate surface area is 133 Å². The zero-order valence-electron chi connectivity index (χ0n) is 12.4. The Kier molecular flexibility index (Phi) is 5.47. The lowest BCUT2D eigenvalue weighted by atomic mass is 10.1. The topological polar surface area (TPSA) is 56.8 Å². The average Bonchev–Trinajstić information content (AvgIpc) is 2.46. The molecule has 1 aliphatic heterocycles. The first-order valence-electron chi connectivity index (χ1n) is 7.04. The molecule has 1 N–H and O–H groups in total. The summed E-state index contributed by atoms with van der Waals surface area (Å²) in [5.74, 6) is 1.29. The molecule has 2 unspecified atom stereocenters. The first kappa shape index (κ1) is 16.1. The van der Waals surface area contributed by atoms with Gasteiger partial charge >= 0.3 is 0 Å². The molecule has 1 aliphatic rings. The molecule has 1 aromatic carbocycles. The summed E-state index contributed by atoms with van der Waals surface area (Å²) in [7, 11) is 0. The summed E-state index contributed by atoms with van der Waals surface area (Å²) in [5.41, 5.74) is 0.941. The second-order valence-electron chi connectivity index (χ2n) is 4.85. The molecule has 0 aliphatic carbocycles. The van der Waals surface area contributed by atoms with E-state index in [-0.39, 0.29) is 11.9 Å². The third-order valence-corrected chi connectivity index (χ3v) is 3.96. The summed E-state index contributed by atoms with van der Waals surface area (Å²) >= 11 is 3.52. The maximum absolute atomic E-state index is 12.0. The molecule has 1 amide bonds. The number of hydrogen-bond acceptors (Lipinski definition) is 4. The van der Waals surface area contributed by atoms with Crippen LogP contribution in [0.2, 0.25) is 0 Å². The largest absolute Gasteiger partial charge is 0.486 e. The minimum Gasteiger partial charge on any atom is -0.486 e. The van der Waals surface area contributed by atoms with Gasteiger partial charge in [-0.05, 0) is 38.5 Å². The molecular weight excluding hydrogens is 338 g/mol. The summed E-state index contributed by atoms with van der Waals surface area (Å²) in [6, 6.07) is 3.61. The SMILES string of the molecule is CCOC(C)C(=O)NC(C)c1cc2c(cc1Br)OCCO2. The Bertz CT molecular complexity index is 521. The van der Waals surface area contributed by atoms with Crippen molar-refractivity contribution in [2.45, 2.75) is 32.9 Å². The Morgan fingerprint density at radius 1 is 1.33 bits per heavy atom. The molecule has 5 nitrogen and oxygen atoms in total. The fourth-order valence-corrected chi connectivity index (χ4v) is 2.81. The molecule has 1 heterocycles. The molecule has 0 saturated heterocycles. The van der Waals surface area contributed by atoms with Gasteiger partial charge in [-0.25, -0.2) is 0 Å². The number of fused-ring (bicyclic) bond motifs is 1. The number of halogens is 1. The second-order valence-corrected chi connectivity index (χ2v) is 5.70. The van der Waals surface area contributed by atoms with Crippen molar-refractivity contribution in [3.63, 3.8) is 0 Å². The van der Waals surface area contributed by atoms with E-state index >= 15 is 0 Å². The summed E-state index contributed by atoms with van der Waals surface area (Å²) in [5, 5.41) is 2.94. The number of amides is 1. The first-order chi connectivity index (χ1) is 10.0. The number of carbonyl (C=O) groups excluding carboxylic acids is 1. The van der Waals surface area contributed by atoms with Gasteiger partial charge in [-0.1, -0.05) is 15.9 Å². The van der Waals surface area contributed by atoms with Crippen molar-refractivity contribution in [1.29, 1.82) is 0 Å². The predicted molar refractivity (Wildman–Crippen MR) is 82.8 cm³/mol. The fourth-order valence-electron chi connectivity index (χ4n) is 2.15. The van der Waals surface area contributed by atoms with Gasteiger partial charge in [-0.15, -0.1) is 0 Å². The molecule has 0 aromatic heterocycles. The number of nitrogens with one attached hydrogen (secondary N) is 1. The number of rotatable bonds is 5. The summed E-state index contributed by atoms with van der Waals surface area (Å²) in [6.45, 7) is 7.13. The Hall–Kier alpha value is -1.27. The number of hydrogen-bond donors (Lipinski definition) is 1. The van der Waals surface area contributed by atoms with E-state index in [4.69, 9.17) is 14.2 Å². The van der Waals surface area contributed by atoms with Gasteiger partial charge in [-0.2, -0.15) is 0 Å². The van der Waals surface area contributed by atoms with Crippen LogP contribution in [0.15, 0.2) is 16.6 Å². The van der Waals surface area contributed by atoms with Crippen molar-refractivity contribution >= 4 is 21.8 Å². The Morgan fingerprint density at radius 3 is 2.57 bits per heavy atom. The number of benzene rings is 1. The van der Waals surface area contributed by atoms with Gasteiger partial charge in [0.1, 0.15) is 19.3 Å². The standard InChI is InChI=1S/C15H20BrNO4/c1-4-19-10(3)15(18)17-9(2)11-7-13-14(8-12(11)16)21-6-5-20-13/h7-10H,4-6H2,1-3H3,(H,17,18). The van der Waals surface area contributed by atoms with Crippen molar-refractivity contribution in [2.75, 3.05) is 19.8 Å². The zero-order chi connectivity index (χ0) is 15.4. The molecule has 0 fully saturated rings. The van der Waals surface area contributed by atoms with E-state index in [1.807, 2.05) is 26.0 Å². The van der Waals surface area contributed by atoms with E-state index in [0.717, 1.165) is 15.8 Å². The van der Waals surface area contributed by atoms with Crippen LogP contribution in [0.1, 0.15) is 32.4 Å². The lowest BCUT2D eigenvalue weighted by molar-refractivity contribution is -0.132. The third kappa shape index (κ3) is 3.89. The van der Waals surface area contributed by atoms with Crippen LogP contribution in [0.25, 0.3) is 0 Å².